The van der Waals surface area contributed by atoms with Gasteiger partial charge in [-0.05, 0) is 200 Å². The quantitative estimate of drug-likeness (QED) is 0.0995. The highest BCUT2D eigenvalue weighted by Gasteiger charge is 2.38. The first-order chi connectivity index (χ1) is 38.8. The van der Waals surface area contributed by atoms with E-state index in [9.17, 15) is 0 Å². The van der Waals surface area contributed by atoms with Crippen molar-refractivity contribution in [2.45, 2.75) is 66.2 Å². The Labute approximate surface area is 471 Å². The van der Waals surface area contributed by atoms with Crippen LogP contribution in [0.4, 0.5) is 34.1 Å². The fourth-order valence-electron chi connectivity index (χ4n) is 13.2. The fraction of sp³-hybridized carbons (Fsp3) is 0.128. The van der Waals surface area contributed by atoms with Crippen LogP contribution in [0.5, 0.6) is 0 Å². The summed E-state index contributed by atoms with van der Waals surface area (Å²) in [6.07, 6.45) is 9.26. The van der Waals surface area contributed by atoms with Crippen LogP contribution in [0.3, 0.4) is 0 Å². The standard InChI is InChI=1S/C78H64N2/c1-49-9-29-59(30-10-49)79(60-31-11-50(2)12-32-60)63-37-43-69-67-39-19-53(45-71(67)77(5,6)73(69)47-63)17-21-55-23-25-57-28-42-66-56(24-26-58-27-41-65(55)75(57)76(58)66)22-18-54-20-40-68-70-44-38-64(48-74(70)78(7,8)72(68)46-54)80(61-33-13-51(3)14-34-61)62-35-15-52(4)16-36-62/h9-48H,1-8H3/b21-17+,22-18+. The van der Waals surface area contributed by atoms with E-state index >= 15 is 0 Å². The molecular formula is C78H64N2. The molecule has 0 spiro atoms. The van der Waals surface area contributed by atoms with Crippen molar-refractivity contribution >= 4 is 90.7 Å². The van der Waals surface area contributed by atoms with Gasteiger partial charge in [-0.1, -0.05) is 220 Å². The molecule has 0 amide bonds. The summed E-state index contributed by atoms with van der Waals surface area (Å²) in [6.45, 7) is 18.1. The molecule has 0 heterocycles. The predicted octanol–water partition coefficient (Wildman–Crippen LogP) is 21.7. The zero-order valence-electron chi connectivity index (χ0n) is 47.0. The van der Waals surface area contributed by atoms with Gasteiger partial charge in [0, 0.05) is 45.0 Å². The molecule has 12 aromatic rings. The summed E-state index contributed by atoms with van der Waals surface area (Å²) in [6, 6.07) is 82.1. The number of hydrogen-bond donors (Lipinski definition) is 0. The molecule has 12 aromatic carbocycles. The number of rotatable bonds is 10. The minimum Gasteiger partial charge on any atom is -0.310 e. The average molecular weight is 1030 g/mol. The number of aryl methyl sites for hydroxylation is 4. The molecule has 0 N–H and O–H groups in total. The van der Waals surface area contributed by atoms with Crippen molar-refractivity contribution in [3.05, 3.63) is 285 Å². The summed E-state index contributed by atoms with van der Waals surface area (Å²) in [4.78, 5) is 4.77. The van der Waals surface area contributed by atoms with Gasteiger partial charge in [0.15, 0.2) is 0 Å². The summed E-state index contributed by atoms with van der Waals surface area (Å²) in [5.74, 6) is 0. The maximum Gasteiger partial charge on any atom is 0.0465 e. The van der Waals surface area contributed by atoms with E-state index in [4.69, 9.17) is 0 Å². The number of fused-ring (bicyclic) bond motifs is 6. The number of nitrogens with zero attached hydrogens (tertiary/aromatic N) is 2. The van der Waals surface area contributed by atoms with Crippen molar-refractivity contribution in [2.75, 3.05) is 9.80 Å². The summed E-state index contributed by atoms with van der Waals surface area (Å²) in [7, 11) is 0. The molecular weight excluding hydrogens is 965 g/mol. The van der Waals surface area contributed by atoms with E-state index in [-0.39, 0.29) is 10.8 Å². The summed E-state index contributed by atoms with van der Waals surface area (Å²) < 4.78 is 0. The maximum atomic E-state index is 2.42. The van der Waals surface area contributed by atoms with E-state index in [2.05, 4.69) is 308 Å². The third-order valence-electron chi connectivity index (χ3n) is 17.7. The van der Waals surface area contributed by atoms with Gasteiger partial charge < -0.3 is 9.80 Å². The van der Waals surface area contributed by atoms with Gasteiger partial charge in [0.1, 0.15) is 0 Å². The molecule has 2 nitrogen and oxygen atoms in total. The van der Waals surface area contributed by atoms with Crippen molar-refractivity contribution in [1.29, 1.82) is 0 Å². The molecule has 386 valence electrons. The molecule has 14 rings (SSSR count). The van der Waals surface area contributed by atoms with E-state index in [0.717, 1.165) is 22.7 Å². The monoisotopic (exact) mass is 1030 g/mol. The van der Waals surface area contributed by atoms with Gasteiger partial charge in [-0.15, -0.1) is 0 Å². The van der Waals surface area contributed by atoms with Gasteiger partial charge in [0.05, 0.1) is 0 Å². The van der Waals surface area contributed by atoms with Crippen molar-refractivity contribution in [1.82, 2.24) is 0 Å². The first kappa shape index (κ1) is 49.1. The third-order valence-corrected chi connectivity index (χ3v) is 17.7. The Morgan fingerprint density at radius 1 is 0.275 bits per heavy atom. The Morgan fingerprint density at radius 2 is 0.562 bits per heavy atom. The van der Waals surface area contributed by atoms with E-state index in [0.29, 0.717) is 0 Å². The first-order valence-corrected chi connectivity index (χ1v) is 28.3. The van der Waals surface area contributed by atoms with Crippen molar-refractivity contribution in [3.63, 3.8) is 0 Å². The maximum absolute atomic E-state index is 2.42. The van der Waals surface area contributed by atoms with Gasteiger partial charge in [0.25, 0.3) is 0 Å². The highest BCUT2D eigenvalue weighted by Crippen LogP contribution is 2.53. The van der Waals surface area contributed by atoms with Gasteiger partial charge in [-0.3, -0.25) is 0 Å². The largest absolute Gasteiger partial charge is 0.310 e. The van der Waals surface area contributed by atoms with Crippen LogP contribution in [-0.4, -0.2) is 0 Å². The smallest absolute Gasteiger partial charge is 0.0465 e. The Morgan fingerprint density at radius 3 is 0.900 bits per heavy atom. The molecule has 0 aliphatic heterocycles. The van der Waals surface area contributed by atoms with Crippen molar-refractivity contribution < 1.29 is 0 Å². The van der Waals surface area contributed by atoms with E-state index in [1.54, 1.807) is 0 Å². The Hall–Kier alpha value is -9.24. The van der Waals surface area contributed by atoms with Gasteiger partial charge in [-0.2, -0.15) is 0 Å². The van der Waals surface area contributed by atoms with E-state index < -0.39 is 0 Å². The molecule has 2 heteroatoms. The normalized spacial score (nSPS) is 13.8. The second kappa shape index (κ2) is 18.7. The van der Waals surface area contributed by atoms with Crippen molar-refractivity contribution in [2.24, 2.45) is 0 Å². The molecule has 80 heavy (non-hydrogen) atoms. The SMILES string of the molecule is Cc1ccc(N(c2ccc(C)cc2)c2ccc3c(c2)C(C)(C)c2cc(/C=C/c4ccc5ccc6c(/C=C/c7ccc8c(c7)C(C)(C)c7cc(N(c9ccc(C)cc9)c9ccc(C)cc9)ccc7-8)ccc7ccc4c5c76)ccc2-3)cc1. The number of hydrogen-bond acceptors (Lipinski definition) is 2. The lowest BCUT2D eigenvalue weighted by Gasteiger charge is -2.28. The lowest BCUT2D eigenvalue weighted by Crippen LogP contribution is -2.16. The van der Waals surface area contributed by atoms with Crippen LogP contribution in [-0.2, 0) is 10.8 Å². The predicted molar refractivity (Wildman–Crippen MR) is 344 cm³/mol. The zero-order chi connectivity index (χ0) is 54.6. The molecule has 2 aliphatic carbocycles. The molecule has 0 saturated carbocycles. The lowest BCUT2D eigenvalue weighted by atomic mass is 9.81. The average Bonchev–Trinajstić information content (AvgIpc) is 3.95. The highest BCUT2D eigenvalue weighted by atomic mass is 15.1. The van der Waals surface area contributed by atoms with Crippen LogP contribution in [0.2, 0.25) is 0 Å². The first-order valence-electron chi connectivity index (χ1n) is 28.3. The summed E-state index contributed by atoms with van der Waals surface area (Å²) in [5, 5.41) is 7.72. The summed E-state index contributed by atoms with van der Waals surface area (Å²) in [5.41, 5.74) is 27.2. The molecule has 0 aromatic heterocycles. The molecule has 0 unspecified atom stereocenters. The van der Waals surface area contributed by atoms with Crippen LogP contribution >= 0.6 is 0 Å². The molecule has 0 radical (unpaired) electrons. The number of anilines is 6. The van der Waals surface area contributed by atoms with Gasteiger partial charge >= 0.3 is 0 Å². The Balaban J connectivity index is 0.751. The van der Waals surface area contributed by atoms with E-state index in [1.165, 1.54) is 133 Å². The fourth-order valence-corrected chi connectivity index (χ4v) is 13.2. The second-order valence-corrected chi connectivity index (χ2v) is 23.7. The summed E-state index contributed by atoms with van der Waals surface area (Å²) >= 11 is 0. The van der Waals surface area contributed by atoms with Crippen LogP contribution < -0.4 is 9.80 Å². The number of benzene rings is 12. The van der Waals surface area contributed by atoms with Crippen LogP contribution in [0, 0.1) is 27.7 Å². The van der Waals surface area contributed by atoms with Crippen LogP contribution in [0.15, 0.2) is 218 Å². The second-order valence-electron chi connectivity index (χ2n) is 23.7. The van der Waals surface area contributed by atoms with Gasteiger partial charge in [-0.25, -0.2) is 0 Å². The Bertz CT molecular complexity index is 4090. The van der Waals surface area contributed by atoms with Gasteiger partial charge in [0.2, 0.25) is 0 Å². The Kier molecular flexibility index (Phi) is 11.5. The molecule has 0 fully saturated rings. The zero-order valence-corrected chi connectivity index (χ0v) is 47.0. The minimum atomic E-state index is -0.183. The van der Waals surface area contributed by atoms with Crippen LogP contribution in [0.25, 0.3) is 78.9 Å². The molecule has 0 saturated heterocycles. The van der Waals surface area contributed by atoms with Crippen LogP contribution in [0.1, 0.15) is 94.5 Å². The molecule has 0 bridgehead atoms. The minimum absolute atomic E-state index is 0.183. The highest BCUT2D eigenvalue weighted by molar-refractivity contribution is 6.25. The molecule has 0 atom stereocenters. The van der Waals surface area contributed by atoms with Crippen molar-refractivity contribution in [3.8, 4) is 22.3 Å². The topological polar surface area (TPSA) is 6.48 Å². The molecule has 2 aliphatic rings. The third kappa shape index (κ3) is 8.15. The lowest BCUT2D eigenvalue weighted by molar-refractivity contribution is 0.660. The van der Waals surface area contributed by atoms with E-state index in [1.807, 2.05) is 0 Å².